The Balaban J connectivity index is 3.08. The molecule has 4 heteroatoms. The van der Waals surface area contributed by atoms with Gasteiger partial charge in [-0.1, -0.05) is 18.2 Å². The molecule has 0 heterocycles. The second-order valence-electron chi connectivity index (χ2n) is 3.77. The van der Waals surface area contributed by atoms with Crippen molar-refractivity contribution in [2.75, 3.05) is 6.61 Å². The molecule has 1 rings (SSSR count). The zero-order valence-corrected chi connectivity index (χ0v) is 9.97. The lowest BCUT2D eigenvalue weighted by Crippen LogP contribution is -2.16. The highest BCUT2D eigenvalue weighted by atomic mass is 16.5. The first-order chi connectivity index (χ1) is 8.06. The van der Waals surface area contributed by atoms with E-state index in [2.05, 4.69) is 0 Å². The Kier molecular flexibility index (Phi) is 4.69. The zero-order valence-electron chi connectivity index (χ0n) is 9.97. The molecule has 0 fully saturated rings. The number of para-hydroxylation sites is 1. The number of hydrogen-bond acceptors (Lipinski definition) is 3. The van der Waals surface area contributed by atoms with Crippen LogP contribution in [0.15, 0.2) is 24.3 Å². The maximum absolute atomic E-state index is 11.2. The number of aliphatic carboxylic acids is 1. The van der Waals surface area contributed by atoms with Gasteiger partial charge in [0.1, 0.15) is 11.5 Å². The van der Waals surface area contributed by atoms with Crippen LogP contribution in [-0.4, -0.2) is 23.5 Å². The summed E-state index contributed by atoms with van der Waals surface area (Å²) in [7, 11) is 0. The Bertz CT molecular complexity index is 412. The molecule has 4 nitrogen and oxygen atoms in total. The van der Waals surface area contributed by atoms with Gasteiger partial charge in [0.25, 0.3) is 0 Å². The topological polar surface area (TPSA) is 63.6 Å². The van der Waals surface area contributed by atoms with Gasteiger partial charge in [-0.15, -0.1) is 0 Å². The summed E-state index contributed by atoms with van der Waals surface area (Å²) in [6.07, 6.45) is -0.0145. The minimum absolute atomic E-state index is 0.0145. The Morgan fingerprint density at radius 2 is 2.00 bits per heavy atom. The number of rotatable bonds is 6. The third-order valence-electron chi connectivity index (χ3n) is 2.38. The van der Waals surface area contributed by atoms with E-state index in [1.54, 1.807) is 24.3 Å². The molecule has 0 aromatic heterocycles. The van der Waals surface area contributed by atoms with Crippen molar-refractivity contribution in [2.24, 2.45) is 0 Å². The Morgan fingerprint density at radius 3 is 2.53 bits per heavy atom. The number of benzene rings is 1. The van der Waals surface area contributed by atoms with E-state index < -0.39 is 11.9 Å². The fourth-order valence-electron chi connectivity index (χ4n) is 1.67. The Labute approximate surface area is 100 Å². The molecule has 17 heavy (non-hydrogen) atoms. The molecule has 1 unspecified atom stereocenters. The molecule has 0 aliphatic rings. The van der Waals surface area contributed by atoms with Crippen molar-refractivity contribution in [3.05, 3.63) is 29.8 Å². The lowest BCUT2D eigenvalue weighted by atomic mass is 9.93. The summed E-state index contributed by atoms with van der Waals surface area (Å²) in [5.41, 5.74) is 0.553. The molecule has 0 saturated carbocycles. The van der Waals surface area contributed by atoms with Gasteiger partial charge in [0.05, 0.1) is 12.5 Å². The van der Waals surface area contributed by atoms with Crippen LogP contribution in [0.5, 0.6) is 5.75 Å². The molecule has 0 saturated heterocycles. The first kappa shape index (κ1) is 13.2. The molecule has 1 aromatic carbocycles. The quantitative estimate of drug-likeness (QED) is 0.822. The van der Waals surface area contributed by atoms with E-state index in [-0.39, 0.29) is 12.2 Å². The van der Waals surface area contributed by atoms with Gasteiger partial charge in [-0.3, -0.25) is 9.59 Å². The highest BCUT2D eigenvalue weighted by molar-refractivity contribution is 5.86. The smallest absolute Gasteiger partial charge is 0.311 e. The van der Waals surface area contributed by atoms with Crippen LogP contribution in [0, 0.1) is 0 Å². The molecule has 0 spiro atoms. The van der Waals surface area contributed by atoms with Crippen LogP contribution in [0.25, 0.3) is 0 Å². The van der Waals surface area contributed by atoms with Gasteiger partial charge in [-0.2, -0.15) is 0 Å². The zero-order chi connectivity index (χ0) is 12.8. The third-order valence-corrected chi connectivity index (χ3v) is 2.38. The summed E-state index contributed by atoms with van der Waals surface area (Å²) in [6.45, 7) is 3.68. The summed E-state index contributed by atoms with van der Waals surface area (Å²) in [4.78, 5) is 22.3. The molecular weight excluding hydrogens is 220 g/mol. The van der Waals surface area contributed by atoms with E-state index in [4.69, 9.17) is 9.84 Å². The molecule has 1 atom stereocenters. The SMILES string of the molecule is CCOc1ccccc1C(CC(C)=O)C(=O)O. The van der Waals surface area contributed by atoms with Gasteiger partial charge in [0.15, 0.2) is 0 Å². The van der Waals surface area contributed by atoms with Crippen molar-refractivity contribution in [3.8, 4) is 5.75 Å². The van der Waals surface area contributed by atoms with Gasteiger partial charge >= 0.3 is 5.97 Å². The molecule has 0 bridgehead atoms. The second-order valence-corrected chi connectivity index (χ2v) is 3.77. The predicted molar refractivity (Wildman–Crippen MR) is 63.3 cm³/mol. The average molecular weight is 236 g/mol. The minimum atomic E-state index is -1.01. The van der Waals surface area contributed by atoms with Crippen molar-refractivity contribution in [2.45, 2.75) is 26.2 Å². The summed E-state index contributed by atoms with van der Waals surface area (Å²) < 4.78 is 5.38. The maximum Gasteiger partial charge on any atom is 0.311 e. The van der Waals surface area contributed by atoms with Crippen LogP contribution < -0.4 is 4.74 Å². The largest absolute Gasteiger partial charge is 0.494 e. The van der Waals surface area contributed by atoms with Gasteiger partial charge in [0, 0.05) is 12.0 Å². The molecule has 0 amide bonds. The number of carbonyl (C=O) groups excluding carboxylic acids is 1. The van der Waals surface area contributed by atoms with Crippen LogP contribution in [0.3, 0.4) is 0 Å². The van der Waals surface area contributed by atoms with Crippen LogP contribution in [0.4, 0.5) is 0 Å². The van der Waals surface area contributed by atoms with E-state index in [0.29, 0.717) is 17.9 Å². The normalized spacial score (nSPS) is 11.9. The van der Waals surface area contributed by atoms with E-state index in [0.717, 1.165) is 0 Å². The summed E-state index contributed by atoms with van der Waals surface area (Å²) in [5, 5.41) is 9.16. The van der Waals surface area contributed by atoms with Crippen LogP contribution in [-0.2, 0) is 9.59 Å². The number of Topliss-reactive ketones (excluding diaryl/α,β-unsaturated/α-hetero) is 1. The van der Waals surface area contributed by atoms with Crippen LogP contribution in [0.1, 0.15) is 31.7 Å². The number of carbonyl (C=O) groups is 2. The summed E-state index contributed by atoms with van der Waals surface area (Å²) in [5.74, 6) is -1.46. The maximum atomic E-state index is 11.2. The summed E-state index contributed by atoms with van der Waals surface area (Å²) >= 11 is 0. The molecule has 0 aliphatic heterocycles. The number of carboxylic acid groups (broad SMARTS) is 1. The van der Waals surface area contributed by atoms with E-state index in [1.807, 2.05) is 6.92 Å². The standard InChI is InChI=1S/C13H16O4/c1-3-17-12-7-5-4-6-10(12)11(13(15)16)8-9(2)14/h4-7,11H,3,8H2,1-2H3,(H,15,16). The predicted octanol–water partition coefficient (Wildman–Crippen LogP) is 2.23. The number of ether oxygens (including phenoxy) is 1. The third kappa shape index (κ3) is 3.59. The highest BCUT2D eigenvalue weighted by Crippen LogP contribution is 2.29. The van der Waals surface area contributed by atoms with Gasteiger partial charge in [0.2, 0.25) is 0 Å². The number of ketones is 1. The highest BCUT2D eigenvalue weighted by Gasteiger charge is 2.24. The Morgan fingerprint density at radius 1 is 1.35 bits per heavy atom. The Hall–Kier alpha value is -1.84. The minimum Gasteiger partial charge on any atom is -0.494 e. The van der Waals surface area contributed by atoms with Crippen molar-refractivity contribution in [1.29, 1.82) is 0 Å². The fraction of sp³-hybridized carbons (Fsp3) is 0.385. The van der Waals surface area contributed by atoms with Crippen LogP contribution >= 0.6 is 0 Å². The molecular formula is C13H16O4. The molecule has 1 aromatic rings. The van der Waals surface area contributed by atoms with Crippen LogP contribution in [0.2, 0.25) is 0 Å². The van der Waals surface area contributed by atoms with E-state index >= 15 is 0 Å². The average Bonchev–Trinajstić information content (AvgIpc) is 2.27. The fourth-order valence-corrected chi connectivity index (χ4v) is 1.67. The van der Waals surface area contributed by atoms with Gasteiger partial charge in [-0.25, -0.2) is 0 Å². The van der Waals surface area contributed by atoms with Crippen molar-refractivity contribution in [3.63, 3.8) is 0 Å². The van der Waals surface area contributed by atoms with Crippen molar-refractivity contribution < 1.29 is 19.4 Å². The first-order valence-electron chi connectivity index (χ1n) is 5.50. The molecule has 0 aliphatic carbocycles. The first-order valence-corrected chi connectivity index (χ1v) is 5.50. The monoisotopic (exact) mass is 236 g/mol. The number of carboxylic acids is 1. The molecule has 92 valence electrons. The molecule has 0 radical (unpaired) electrons. The molecule has 1 N–H and O–H groups in total. The van der Waals surface area contributed by atoms with Crippen molar-refractivity contribution >= 4 is 11.8 Å². The second kappa shape index (κ2) is 6.03. The van der Waals surface area contributed by atoms with Gasteiger partial charge < -0.3 is 9.84 Å². The van der Waals surface area contributed by atoms with E-state index in [9.17, 15) is 9.59 Å². The van der Waals surface area contributed by atoms with Gasteiger partial charge in [-0.05, 0) is 19.9 Å². The lowest BCUT2D eigenvalue weighted by molar-refractivity contribution is -0.140. The number of hydrogen-bond donors (Lipinski definition) is 1. The van der Waals surface area contributed by atoms with Crippen molar-refractivity contribution in [1.82, 2.24) is 0 Å². The van der Waals surface area contributed by atoms with E-state index in [1.165, 1.54) is 6.92 Å². The summed E-state index contributed by atoms with van der Waals surface area (Å²) in [6, 6.07) is 6.93. The lowest BCUT2D eigenvalue weighted by Gasteiger charge is -2.15.